The molecule has 0 aliphatic rings. The van der Waals surface area contributed by atoms with E-state index < -0.39 is 0 Å². The molecule has 0 heterocycles. The van der Waals surface area contributed by atoms with Gasteiger partial charge < -0.3 is 0 Å². The molecule has 0 N–H and O–H groups in total. The van der Waals surface area contributed by atoms with Gasteiger partial charge in [-0.05, 0) is 16.9 Å². The zero-order chi connectivity index (χ0) is 11.3. The van der Waals surface area contributed by atoms with Crippen LogP contribution in [0.5, 0.6) is 0 Å². The van der Waals surface area contributed by atoms with Crippen molar-refractivity contribution in [3.63, 3.8) is 0 Å². The van der Waals surface area contributed by atoms with Crippen LogP contribution >= 0.6 is 7.92 Å². The van der Waals surface area contributed by atoms with Crippen LogP contribution in [0, 0.1) is 0 Å². The van der Waals surface area contributed by atoms with Crippen molar-refractivity contribution in [1.82, 2.24) is 0 Å². The van der Waals surface area contributed by atoms with Gasteiger partial charge in [-0.25, -0.2) is 0 Å². The summed E-state index contributed by atoms with van der Waals surface area (Å²) in [5.41, 5.74) is 2.87. The van der Waals surface area contributed by atoms with Crippen LogP contribution in [0.3, 0.4) is 0 Å². The van der Waals surface area contributed by atoms with Gasteiger partial charge >= 0.3 is 0 Å². The third kappa shape index (κ3) is 4.99. The monoisotopic (exact) mass is 231 g/mol. The molecule has 0 unspecified atom stereocenters. The Balaban J connectivity index is 0.00000225. The molecule has 0 aliphatic carbocycles. The Labute approximate surface area is 103 Å². The molecule has 0 atom stereocenters. The summed E-state index contributed by atoms with van der Waals surface area (Å²) in [6.07, 6.45) is 2.27. The quantitative estimate of drug-likeness (QED) is 0.525. The highest BCUT2D eigenvalue weighted by Crippen LogP contribution is 2.47. The van der Waals surface area contributed by atoms with E-state index in [0.29, 0.717) is 0 Å². The topological polar surface area (TPSA) is 0 Å². The first-order valence-electron chi connectivity index (χ1n) is 5.62. The fourth-order valence-electron chi connectivity index (χ4n) is 1.68. The second-order valence-electron chi connectivity index (χ2n) is 4.36. The standard InChI is InChI=1S/C14H21P.B/c1-12(2)15(13(3)4)11-10-14-8-6-5-7-9-14;/h5-13H,1-4H3;/b11-10+;. The molecule has 0 amide bonds. The van der Waals surface area contributed by atoms with Gasteiger partial charge in [0.1, 0.15) is 0 Å². The summed E-state index contributed by atoms with van der Waals surface area (Å²) in [7, 11) is 0.0171. The van der Waals surface area contributed by atoms with E-state index in [1.54, 1.807) is 0 Å². The van der Waals surface area contributed by atoms with Crippen molar-refractivity contribution in [3.05, 3.63) is 41.7 Å². The third-order valence-electron chi connectivity index (χ3n) is 2.43. The molecule has 3 radical (unpaired) electrons. The zero-order valence-electron chi connectivity index (χ0n) is 10.7. The lowest BCUT2D eigenvalue weighted by Gasteiger charge is -2.21. The molecule has 0 aliphatic heterocycles. The Morgan fingerprint density at radius 3 is 1.88 bits per heavy atom. The summed E-state index contributed by atoms with van der Waals surface area (Å²) in [6, 6.07) is 10.6. The van der Waals surface area contributed by atoms with Gasteiger partial charge in [-0.15, -0.1) is 0 Å². The molecule has 0 bridgehead atoms. The van der Waals surface area contributed by atoms with Gasteiger partial charge in [0.25, 0.3) is 0 Å². The van der Waals surface area contributed by atoms with Crippen molar-refractivity contribution in [2.75, 3.05) is 0 Å². The van der Waals surface area contributed by atoms with Crippen LogP contribution in [0.1, 0.15) is 33.3 Å². The Kier molecular flexibility index (Phi) is 7.42. The molecule has 0 spiro atoms. The average molecular weight is 231 g/mol. The third-order valence-corrected chi connectivity index (χ3v) is 5.31. The van der Waals surface area contributed by atoms with E-state index in [1.807, 2.05) is 0 Å². The van der Waals surface area contributed by atoms with Gasteiger partial charge in [-0.2, -0.15) is 0 Å². The van der Waals surface area contributed by atoms with E-state index in [9.17, 15) is 0 Å². The lowest BCUT2D eigenvalue weighted by atomic mass is 10.2. The maximum Gasteiger partial charge on any atom is 0 e. The Morgan fingerprint density at radius 2 is 1.44 bits per heavy atom. The van der Waals surface area contributed by atoms with Gasteiger partial charge in [0.2, 0.25) is 0 Å². The first-order valence-corrected chi connectivity index (χ1v) is 7.17. The Morgan fingerprint density at radius 1 is 0.938 bits per heavy atom. The van der Waals surface area contributed by atoms with Gasteiger partial charge in [0.05, 0.1) is 0 Å². The molecule has 1 aromatic rings. The second kappa shape index (κ2) is 7.68. The molecule has 85 valence electrons. The average Bonchev–Trinajstić information content (AvgIpc) is 2.18. The lowest BCUT2D eigenvalue weighted by Crippen LogP contribution is -2.00. The molecule has 0 nitrogen and oxygen atoms in total. The van der Waals surface area contributed by atoms with Crippen molar-refractivity contribution in [2.45, 2.75) is 39.0 Å². The van der Waals surface area contributed by atoms with Gasteiger partial charge in [0, 0.05) is 8.41 Å². The summed E-state index contributed by atoms with van der Waals surface area (Å²) < 4.78 is 0. The molecule has 0 fully saturated rings. The highest BCUT2D eigenvalue weighted by Gasteiger charge is 2.12. The van der Waals surface area contributed by atoms with Gasteiger partial charge in [0.15, 0.2) is 0 Å². The first-order chi connectivity index (χ1) is 7.11. The highest BCUT2D eigenvalue weighted by molar-refractivity contribution is 7.62. The van der Waals surface area contributed by atoms with Gasteiger partial charge in [-0.3, -0.25) is 0 Å². The largest absolute Gasteiger partial charge is 0.0780 e. The lowest BCUT2D eigenvalue weighted by molar-refractivity contribution is 1.02. The molecule has 2 heteroatoms. The van der Waals surface area contributed by atoms with E-state index in [-0.39, 0.29) is 16.3 Å². The van der Waals surface area contributed by atoms with E-state index in [2.05, 4.69) is 69.9 Å². The summed E-state index contributed by atoms with van der Waals surface area (Å²) in [5.74, 6) is 2.42. The van der Waals surface area contributed by atoms with Crippen LogP contribution in [0.15, 0.2) is 36.1 Å². The number of benzene rings is 1. The molecule has 0 aromatic heterocycles. The van der Waals surface area contributed by atoms with Gasteiger partial charge in [-0.1, -0.05) is 77.8 Å². The predicted octanol–water partition coefficient (Wildman–Crippen LogP) is 4.58. The SMILES string of the molecule is CC(C)P(/C=C/c1ccccc1)C(C)C.[B]. The number of rotatable bonds is 4. The van der Waals surface area contributed by atoms with Crippen LogP contribution in [0.25, 0.3) is 6.08 Å². The minimum atomic E-state index is 0. The predicted molar refractivity (Wildman–Crippen MR) is 78.4 cm³/mol. The summed E-state index contributed by atoms with van der Waals surface area (Å²) in [4.78, 5) is 0. The van der Waals surface area contributed by atoms with E-state index in [1.165, 1.54) is 5.56 Å². The molecule has 0 saturated carbocycles. The maximum absolute atomic E-state index is 2.42. The summed E-state index contributed by atoms with van der Waals surface area (Å²) >= 11 is 0. The zero-order valence-corrected chi connectivity index (χ0v) is 11.6. The first kappa shape index (κ1) is 15.5. The number of hydrogen-bond donors (Lipinski definition) is 0. The van der Waals surface area contributed by atoms with E-state index >= 15 is 0 Å². The molecule has 1 rings (SSSR count). The van der Waals surface area contributed by atoms with Crippen molar-refractivity contribution >= 4 is 22.4 Å². The minimum absolute atomic E-state index is 0. The summed E-state index contributed by atoms with van der Waals surface area (Å²) in [5, 5.41) is 0. The Bertz CT molecular complexity index is 296. The molecular formula is C14H21BP. The molecule has 16 heavy (non-hydrogen) atoms. The molecular weight excluding hydrogens is 210 g/mol. The summed E-state index contributed by atoms with van der Waals surface area (Å²) in [6.45, 7) is 9.28. The van der Waals surface area contributed by atoms with Crippen molar-refractivity contribution in [3.8, 4) is 0 Å². The Hall–Kier alpha value is -0.545. The van der Waals surface area contributed by atoms with Crippen LogP contribution in [0.4, 0.5) is 0 Å². The van der Waals surface area contributed by atoms with E-state index in [0.717, 1.165) is 11.3 Å². The van der Waals surface area contributed by atoms with Crippen LogP contribution in [-0.4, -0.2) is 19.7 Å². The molecule has 0 saturated heterocycles. The van der Waals surface area contributed by atoms with Crippen molar-refractivity contribution in [2.24, 2.45) is 0 Å². The maximum atomic E-state index is 2.42. The van der Waals surface area contributed by atoms with Crippen molar-refractivity contribution < 1.29 is 0 Å². The smallest absolute Gasteiger partial charge is 0 e. The van der Waals surface area contributed by atoms with Crippen LogP contribution in [-0.2, 0) is 0 Å². The number of hydrogen-bond acceptors (Lipinski definition) is 0. The van der Waals surface area contributed by atoms with E-state index in [4.69, 9.17) is 0 Å². The minimum Gasteiger partial charge on any atom is -0.0780 e. The van der Waals surface area contributed by atoms with Crippen LogP contribution in [0.2, 0.25) is 0 Å². The van der Waals surface area contributed by atoms with Crippen molar-refractivity contribution in [1.29, 1.82) is 0 Å². The highest BCUT2D eigenvalue weighted by atomic mass is 31.1. The molecule has 1 aromatic carbocycles. The fourth-order valence-corrected chi connectivity index (χ4v) is 3.90. The van der Waals surface area contributed by atoms with Crippen LogP contribution < -0.4 is 0 Å². The normalized spacial score (nSPS) is 11.4. The fraction of sp³-hybridized carbons (Fsp3) is 0.429. The second-order valence-corrected chi connectivity index (χ2v) is 7.62.